The van der Waals surface area contributed by atoms with Crippen LogP contribution in [0.15, 0.2) is 75.0 Å². The number of amides is 1. The Morgan fingerprint density at radius 1 is 0.861 bits per heavy atom. The Labute approximate surface area is 209 Å². The first-order valence-electron chi connectivity index (χ1n) is 11.0. The van der Waals surface area contributed by atoms with Crippen LogP contribution in [-0.2, 0) is 4.79 Å². The number of carbonyl (C=O) groups is 1. The lowest BCUT2D eigenvalue weighted by Gasteiger charge is -2.36. The number of rotatable bonds is 5. The molecule has 0 bridgehead atoms. The van der Waals surface area contributed by atoms with Gasteiger partial charge in [-0.3, -0.25) is 25.0 Å². The minimum absolute atomic E-state index is 0.0667. The van der Waals surface area contributed by atoms with E-state index in [4.69, 9.17) is 4.42 Å². The number of piperazine rings is 1. The molecule has 2 aliphatic rings. The monoisotopic (exact) mass is 505 g/mol. The highest BCUT2D eigenvalue weighted by Gasteiger charge is 2.30. The third kappa shape index (κ3) is 4.58. The number of nitrogens with zero attached hydrogens (tertiary/aromatic N) is 5. The zero-order valence-corrected chi connectivity index (χ0v) is 19.6. The molecule has 0 unspecified atom stereocenters. The number of para-hydroxylation sites is 3. The second-order valence-corrected chi connectivity index (χ2v) is 9.02. The molecule has 0 spiro atoms. The van der Waals surface area contributed by atoms with Crippen molar-refractivity contribution in [2.24, 2.45) is 4.99 Å². The normalized spacial score (nSPS) is 16.9. The average Bonchev–Trinajstić information content (AvgIpc) is 3.51. The summed E-state index contributed by atoms with van der Waals surface area (Å²) >= 11 is 1.23. The minimum atomic E-state index is -0.470. The van der Waals surface area contributed by atoms with E-state index in [0.717, 1.165) is 0 Å². The van der Waals surface area contributed by atoms with E-state index in [1.165, 1.54) is 23.9 Å². The fourth-order valence-corrected chi connectivity index (χ4v) is 5.05. The maximum absolute atomic E-state index is 12.5. The van der Waals surface area contributed by atoms with Gasteiger partial charge in [-0.25, -0.2) is 0 Å². The van der Waals surface area contributed by atoms with Gasteiger partial charge in [-0.2, -0.15) is 4.99 Å². The van der Waals surface area contributed by atoms with Gasteiger partial charge in [0.05, 0.1) is 20.3 Å². The van der Waals surface area contributed by atoms with Crippen LogP contribution in [0.3, 0.4) is 0 Å². The number of hydrogen-bond donors (Lipinski definition) is 0. The van der Waals surface area contributed by atoms with E-state index < -0.39 is 4.92 Å². The molecule has 36 heavy (non-hydrogen) atoms. The van der Waals surface area contributed by atoms with E-state index in [9.17, 15) is 25.0 Å². The van der Waals surface area contributed by atoms with Crippen LogP contribution in [0.4, 0.5) is 17.1 Å². The average molecular weight is 506 g/mol. The van der Waals surface area contributed by atoms with Crippen LogP contribution in [0, 0.1) is 20.2 Å². The van der Waals surface area contributed by atoms with Crippen molar-refractivity contribution in [3.05, 3.63) is 91.6 Å². The lowest BCUT2D eigenvalue weighted by molar-refractivity contribution is -0.384. The summed E-state index contributed by atoms with van der Waals surface area (Å²) in [6, 6.07) is 16.2. The third-order valence-electron chi connectivity index (χ3n) is 5.84. The molecule has 2 aliphatic heterocycles. The second kappa shape index (κ2) is 9.66. The molecule has 0 N–H and O–H groups in total. The maximum atomic E-state index is 12.5. The Morgan fingerprint density at radius 2 is 1.50 bits per heavy atom. The largest absolute Gasteiger partial charge is 0.456 e. The summed E-state index contributed by atoms with van der Waals surface area (Å²) in [6.45, 7) is 2.21. The van der Waals surface area contributed by atoms with Gasteiger partial charge >= 0.3 is 0 Å². The summed E-state index contributed by atoms with van der Waals surface area (Å²) in [5, 5.41) is 23.2. The van der Waals surface area contributed by atoms with Crippen LogP contribution in [0.25, 0.3) is 17.4 Å². The highest BCUT2D eigenvalue weighted by atomic mass is 32.2. The van der Waals surface area contributed by atoms with Crippen molar-refractivity contribution in [2.75, 3.05) is 31.1 Å². The molecule has 12 heteroatoms. The highest BCUT2D eigenvalue weighted by molar-refractivity contribution is 8.18. The van der Waals surface area contributed by atoms with Crippen LogP contribution in [0.5, 0.6) is 0 Å². The number of amidine groups is 1. The molecule has 0 aliphatic carbocycles. The molecule has 1 amide bonds. The first-order valence-corrected chi connectivity index (χ1v) is 11.8. The Bertz CT molecular complexity index is 1420. The van der Waals surface area contributed by atoms with Gasteiger partial charge in [-0.1, -0.05) is 24.3 Å². The molecule has 2 aromatic carbocycles. The number of benzene rings is 2. The van der Waals surface area contributed by atoms with Crippen molar-refractivity contribution in [3.63, 3.8) is 0 Å². The molecule has 0 atom stereocenters. The van der Waals surface area contributed by atoms with Crippen LogP contribution in [-0.4, -0.2) is 52.0 Å². The van der Waals surface area contributed by atoms with Crippen molar-refractivity contribution in [1.82, 2.24) is 4.90 Å². The van der Waals surface area contributed by atoms with Gasteiger partial charge in [-0.05, 0) is 36.0 Å². The number of nitro benzene ring substituents is 2. The van der Waals surface area contributed by atoms with Crippen molar-refractivity contribution in [1.29, 1.82) is 0 Å². The number of anilines is 1. The van der Waals surface area contributed by atoms with E-state index in [1.54, 1.807) is 54.6 Å². The summed E-state index contributed by atoms with van der Waals surface area (Å²) < 4.78 is 5.77. The van der Waals surface area contributed by atoms with Gasteiger partial charge in [0.1, 0.15) is 17.2 Å². The van der Waals surface area contributed by atoms with E-state index >= 15 is 0 Å². The summed E-state index contributed by atoms with van der Waals surface area (Å²) in [5.41, 5.74) is 0.929. The lowest BCUT2D eigenvalue weighted by Crippen LogP contribution is -2.48. The number of carbonyl (C=O) groups excluding carboxylic acids is 1. The zero-order chi connectivity index (χ0) is 25.2. The quantitative estimate of drug-likeness (QED) is 0.278. The topological polar surface area (TPSA) is 135 Å². The van der Waals surface area contributed by atoms with Crippen LogP contribution >= 0.6 is 11.8 Å². The summed E-state index contributed by atoms with van der Waals surface area (Å²) in [6.07, 6.45) is 1.57. The Balaban J connectivity index is 1.26. The van der Waals surface area contributed by atoms with Gasteiger partial charge in [-0.15, -0.1) is 0 Å². The molecular weight excluding hydrogens is 486 g/mol. The predicted molar refractivity (Wildman–Crippen MR) is 136 cm³/mol. The van der Waals surface area contributed by atoms with E-state index in [2.05, 4.69) is 4.99 Å². The summed E-state index contributed by atoms with van der Waals surface area (Å²) in [4.78, 5) is 42.8. The molecule has 0 radical (unpaired) electrons. The third-order valence-corrected chi connectivity index (χ3v) is 6.89. The first kappa shape index (κ1) is 23.3. The Hall–Kier alpha value is -4.45. The van der Waals surface area contributed by atoms with Crippen LogP contribution in [0.2, 0.25) is 0 Å². The van der Waals surface area contributed by atoms with E-state index in [1.807, 2.05) is 9.80 Å². The Kier molecular flexibility index (Phi) is 6.25. The van der Waals surface area contributed by atoms with Gasteiger partial charge in [0.25, 0.3) is 17.3 Å². The number of aliphatic imine (C=N–C) groups is 1. The standard InChI is InChI=1S/C24H19N5O6S/c30-23-22(15-16-9-10-21(35-16)17-5-1-2-6-18(17)28(31)32)36-24(25-23)27-13-11-26(12-14-27)19-7-3-4-8-20(19)29(33)34/h1-10,15H,11-14H2/b22-15-. The minimum Gasteiger partial charge on any atom is -0.456 e. The van der Waals surface area contributed by atoms with Crippen LogP contribution in [0.1, 0.15) is 5.76 Å². The molecule has 3 aromatic rings. The molecule has 5 rings (SSSR count). The molecule has 1 aromatic heterocycles. The number of nitro groups is 2. The fraction of sp³-hybridized carbons (Fsp3) is 0.167. The van der Waals surface area contributed by atoms with E-state index in [0.29, 0.717) is 59.0 Å². The highest BCUT2D eigenvalue weighted by Crippen LogP contribution is 2.35. The molecule has 0 saturated carbocycles. The number of hydrogen-bond acceptors (Lipinski definition) is 9. The van der Waals surface area contributed by atoms with E-state index in [-0.39, 0.29) is 22.2 Å². The molecule has 1 fully saturated rings. The lowest BCUT2D eigenvalue weighted by atomic mass is 10.1. The van der Waals surface area contributed by atoms with Gasteiger partial charge < -0.3 is 14.2 Å². The van der Waals surface area contributed by atoms with Gasteiger partial charge in [0.15, 0.2) is 5.17 Å². The van der Waals surface area contributed by atoms with Crippen molar-refractivity contribution in [2.45, 2.75) is 0 Å². The predicted octanol–water partition coefficient (Wildman–Crippen LogP) is 4.56. The molecule has 1 saturated heterocycles. The number of thioether (sulfide) groups is 1. The van der Waals surface area contributed by atoms with Gasteiger partial charge in [0, 0.05) is 44.4 Å². The van der Waals surface area contributed by atoms with Crippen molar-refractivity contribution >= 4 is 46.0 Å². The summed E-state index contributed by atoms with van der Waals surface area (Å²) in [5.74, 6) is 0.327. The second-order valence-electron chi connectivity index (χ2n) is 8.01. The zero-order valence-electron chi connectivity index (χ0n) is 18.8. The van der Waals surface area contributed by atoms with Gasteiger partial charge in [0.2, 0.25) is 0 Å². The van der Waals surface area contributed by atoms with Crippen LogP contribution < -0.4 is 4.90 Å². The smallest absolute Gasteiger partial charge is 0.292 e. The van der Waals surface area contributed by atoms with Crippen molar-refractivity contribution < 1.29 is 19.1 Å². The SMILES string of the molecule is O=C1N=C(N2CCN(c3ccccc3[N+](=O)[O-])CC2)S/C1=C\c1ccc(-c2ccccc2[N+](=O)[O-])o1. The molecular formula is C24H19N5O6S. The van der Waals surface area contributed by atoms with Crippen molar-refractivity contribution in [3.8, 4) is 11.3 Å². The first-order chi connectivity index (χ1) is 17.4. The molecule has 11 nitrogen and oxygen atoms in total. The molecule has 182 valence electrons. The maximum Gasteiger partial charge on any atom is 0.292 e. The Morgan fingerprint density at radius 3 is 2.22 bits per heavy atom. The summed E-state index contributed by atoms with van der Waals surface area (Å²) in [7, 11) is 0. The number of furan rings is 1. The fourth-order valence-electron chi connectivity index (χ4n) is 4.10. The molecule has 3 heterocycles.